The van der Waals surface area contributed by atoms with Crippen LogP contribution in [0.4, 0.5) is 0 Å². The second-order valence-corrected chi connectivity index (χ2v) is 4.33. The summed E-state index contributed by atoms with van der Waals surface area (Å²) in [6, 6.07) is 5.56. The molecule has 5 heteroatoms. The molecule has 3 rings (SSSR count). The van der Waals surface area contributed by atoms with E-state index in [1.54, 1.807) is 24.7 Å². The third-order valence-corrected chi connectivity index (χ3v) is 3.07. The van der Waals surface area contributed by atoms with Crippen LogP contribution in [0.15, 0.2) is 36.8 Å². The van der Waals surface area contributed by atoms with Crippen LogP contribution in [0.2, 0.25) is 0 Å². The molecule has 2 atom stereocenters. The van der Waals surface area contributed by atoms with Crippen LogP contribution in [-0.2, 0) is 4.79 Å². The Kier molecular flexibility index (Phi) is 2.51. The van der Waals surface area contributed by atoms with Crippen molar-refractivity contribution < 1.29 is 9.90 Å². The van der Waals surface area contributed by atoms with E-state index in [1.807, 2.05) is 12.1 Å². The van der Waals surface area contributed by atoms with Crippen molar-refractivity contribution >= 4 is 5.97 Å². The van der Waals surface area contributed by atoms with Crippen LogP contribution in [0.5, 0.6) is 0 Å². The molecule has 2 aromatic heterocycles. The number of pyridine rings is 1. The van der Waals surface area contributed by atoms with Gasteiger partial charge in [-0.05, 0) is 24.6 Å². The Balaban J connectivity index is 1.89. The molecule has 1 fully saturated rings. The van der Waals surface area contributed by atoms with Gasteiger partial charge in [0.1, 0.15) is 5.82 Å². The van der Waals surface area contributed by atoms with Crippen molar-refractivity contribution in [3.8, 4) is 11.3 Å². The van der Waals surface area contributed by atoms with Crippen molar-refractivity contribution in [3.05, 3.63) is 42.6 Å². The molecule has 0 radical (unpaired) electrons. The van der Waals surface area contributed by atoms with Crippen LogP contribution in [0, 0.1) is 5.92 Å². The molecule has 0 aliphatic heterocycles. The Morgan fingerprint density at radius 3 is 2.89 bits per heavy atom. The van der Waals surface area contributed by atoms with Gasteiger partial charge in [0.05, 0.1) is 11.6 Å². The van der Waals surface area contributed by atoms with E-state index in [0.717, 1.165) is 11.3 Å². The Bertz CT molecular complexity index is 586. The fourth-order valence-electron chi connectivity index (χ4n) is 1.98. The van der Waals surface area contributed by atoms with E-state index in [1.165, 1.54) is 0 Å². The molecule has 2 unspecified atom stereocenters. The fraction of sp³-hybridized carbons (Fsp3) is 0.231. The average Bonchev–Trinajstić information content (AvgIpc) is 3.20. The first-order valence-electron chi connectivity index (χ1n) is 5.72. The summed E-state index contributed by atoms with van der Waals surface area (Å²) in [6.07, 6.45) is 5.73. The molecule has 1 saturated carbocycles. The molecule has 1 aliphatic carbocycles. The van der Waals surface area contributed by atoms with E-state index in [9.17, 15) is 4.79 Å². The van der Waals surface area contributed by atoms with Gasteiger partial charge < -0.3 is 5.11 Å². The van der Waals surface area contributed by atoms with Gasteiger partial charge in [0.15, 0.2) is 0 Å². The molecule has 2 aromatic rings. The van der Waals surface area contributed by atoms with Crippen LogP contribution >= 0.6 is 0 Å². The molecular weight excluding hydrogens is 230 g/mol. The van der Waals surface area contributed by atoms with Gasteiger partial charge in [-0.25, -0.2) is 9.97 Å². The van der Waals surface area contributed by atoms with Crippen molar-refractivity contribution in [2.75, 3.05) is 0 Å². The third-order valence-electron chi connectivity index (χ3n) is 3.07. The lowest BCUT2D eigenvalue weighted by atomic mass is 10.2. The lowest BCUT2D eigenvalue weighted by Gasteiger charge is -2.02. The van der Waals surface area contributed by atoms with Crippen molar-refractivity contribution in [3.63, 3.8) is 0 Å². The number of aliphatic carboxylic acids is 1. The predicted molar refractivity (Wildman–Crippen MR) is 63.7 cm³/mol. The monoisotopic (exact) mass is 241 g/mol. The van der Waals surface area contributed by atoms with Gasteiger partial charge in [0.2, 0.25) is 0 Å². The molecule has 0 bridgehead atoms. The van der Waals surface area contributed by atoms with E-state index < -0.39 is 5.97 Å². The normalized spacial score (nSPS) is 21.6. The van der Waals surface area contributed by atoms with Crippen molar-refractivity contribution in [2.45, 2.75) is 12.3 Å². The molecule has 0 saturated heterocycles. The Morgan fingerprint density at radius 2 is 2.22 bits per heavy atom. The summed E-state index contributed by atoms with van der Waals surface area (Å²) in [5, 5.41) is 8.91. The predicted octanol–water partition coefficient (Wildman–Crippen LogP) is 1.73. The van der Waals surface area contributed by atoms with Crippen LogP contribution in [0.3, 0.4) is 0 Å². The van der Waals surface area contributed by atoms with Crippen molar-refractivity contribution in [1.29, 1.82) is 0 Å². The molecule has 0 aromatic carbocycles. The summed E-state index contributed by atoms with van der Waals surface area (Å²) in [5.74, 6) is -0.521. The number of aromatic nitrogens is 3. The largest absolute Gasteiger partial charge is 0.481 e. The minimum absolute atomic E-state index is 0.0425. The number of hydrogen-bond donors (Lipinski definition) is 1. The molecular formula is C13H11N3O2. The third kappa shape index (κ3) is 1.95. The van der Waals surface area contributed by atoms with Gasteiger partial charge in [0, 0.05) is 30.1 Å². The number of hydrogen-bond acceptors (Lipinski definition) is 4. The van der Waals surface area contributed by atoms with Gasteiger partial charge in [-0.2, -0.15) is 0 Å². The first kappa shape index (κ1) is 10.8. The molecule has 0 amide bonds. The summed E-state index contributed by atoms with van der Waals surface area (Å²) in [6.45, 7) is 0. The first-order valence-corrected chi connectivity index (χ1v) is 5.72. The van der Waals surface area contributed by atoms with Gasteiger partial charge >= 0.3 is 5.97 Å². The molecule has 2 heterocycles. The van der Waals surface area contributed by atoms with Crippen LogP contribution < -0.4 is 0 Å². The van der Waals surface area contributed by atoms with E-state index in [-0.39, 0.29) is 11.8 Å². The molecule has 18 heavy (non-hydrogen) atoms. The molecule has 1 N–H and O–H groups in total. The number of rotatable bonds is 3. The van der Waals surface area contributed by atoms with Gasteiger partial charge in [-0.3, -0.25) is 9.78 Å². The Labute approximate surface area is 104 Å². The number of carbonyl (C=O) groups is 1. The highest BCUT2D eigenvalue weighted by Crippen LogP contribution is 2.46. The summed E-state index contributed by atoms with van der Waals surface area (Å²) in [5.41, 5.74) is 1.69. The molecule has 1 aliphatic rings. The van der Waals surface area contributed by atoms with Crippen molar-refractivity contribution in [2.24, 2.45) is 5.92 Å². The Morgan fingerprint density at radius 1 is 1.33 bits per heavy atom. The smallest absolute Gasteiger partial charge is 0.307 e. The maximum Gasteiger partial charge on any atom is 0.307 e. The summed E-state index contributed by atoms with van der Waals surface area (Å²) < 4.78 is 0. The summed E-state index contributed by atoms with van der Waals surface area (Å²) in [7, 11) is 0. The summed E-state index contributed by atoms with van der Waals surface area (Å²) in [4.78, 5) is 23.5. The van der Waals surface area contributed by atoms with Gasteiger partial charge in [-0.15, -0.1) is 0 Å². The van der Waals surface area contributed by atoms with E-state index >= 15 is 0 Å². The number of nitrogens with zero attached hydrogens (tertiary/aromatic N) is 3. The van der Waals surface area contributed by atoms with Gasteiger partial charge in [0.25, 0.3) is 0 Å². The molecule has 90 valence electrons. The lowest BCUT2D eigenvalue weighted by Crippen LogP contribution is -2.02. The highest BCUT2D eigenvalue weighted by molar-refractivity contribution is 5.74. The zero-order valence-electron chi connectivity index (χ0n) is 9.52. The van der Waals surface area contributed by atoms with E-state index in [2.05, 4.69) is 15.0 Å². The highest BCUT2D eigenvalue weighted by Gasteiger charge is 2.46. The topological polar surface area (TPSA) is 76.0 Å². The molecule has 0 spiro atoms. The maximum absolute atomic E-state index is 10.8. The quantitative estimate of drug-likeness (QED) is 0.885. The zero-order chi connectivity index (χ0) is 12.5. The Hall–Kier alpha value is -2.30. The minimum atomic E-state index is -0.768. The SMILES string of the molecule is O=C(O)C1CC1c1nccc(-c2cccnc2)n1. The minimum Gasteiger partial charge on any atom is -0.481 e. The van der Waals surface area contributed by atoms with E-state index in [0.29, 0.717) is 12.2 Å². The summed E-state index contributed by atoms with van der Waals surface area (Å²) >= 11 is 0. The second-order valence-electron chi connectivity index (χ2n) is 4.33. The second kappa shape index (κ2) is 4.18. The standard InChI is InChI=1S/C13H11N3O2/c17-13(18)10-6-9(10)12-15-5-3-11(16-12)8-2-1-4-14-7-8/h1-5,7,9-10H,6H2,(H,17,18). The van der Waals surface area contributed by atoms with Gasteiger partial charge in [-0.1, -0.05) is 0 Å². The first-order chi connectivity index (χ1) is 8.75. The lowest BCUT2D eigenvalue weighted by molar-refractivity contribution is -0.138. The van der Waals surface area contributed by atoms with Crippen LogP contribution in [-0.4, -0.2) is 26.0 Å². The number of carboxylic acids is 1. The number of carboxylic acid groups (broad SMARTS) is 1. The van der Waals surface area contributed by atoms with Crippen LogP contribution in [0.1, 0.15) is 18.2 Å². The average molecular weight is 241 g/mol. The zero-order valence-corrected chi connectivity index (χ0v) is 9.52. The maximum atomic E-state index is 10.8. The fourth-order valence-corrected chi connectivity index (χ4v) is 1.98. The highest BCUT2D eigenvalue weighted by atomic mass is 16.4. The van der Waals surface area contributed by atoms with E-state index in [4.69, 9.17) is 5.11 Å². The van der Waals surface area contributed by atoms with Crippen molar-refractivity contribution in [1.82, 2.24) is 15.0 Å². The molecule has 5 nitrogen and oxygen atoms in total. The van der Waals surface area contributed by atoms with Crippen LogP contribution in [0.25, 0.3) is 11.3 Å².